The lowest BCUT2D eigenvalue weighted by Gasteiger charge is -2.34. The van der Waals surface area contributed by atoms with E-state index in [0.29, 0.717) is 42.4 Å². The first-order valence-corrected chi connectivity index (χ1v) is 10.4. The van der Waals surface area contributed by atoms with Crippen LogP contribution in [0.3, 0.4) is 0 Å². The summed E-state index contributed by atoms with van der Waals surface area (Å²) in [5, 5.41) is 3.45. The van der Waals surface area contributed by atoms with Crippen LogP contribution in [-0.4, -0.2) is 60.9 Å². The summed E-state index contributed by atoms with van der Waals surface area (Å²) in [4.78, 5) is 29.0. The summed E-state index contributed by atoms with van der Waals surface area (Å²) < 4.78 is 0. The highest BCUT2D eigenvalue weighted by Gasteiger charge is 2.29. The fourth-order valence-electron chi connectivity index (χ4n) is 4.66. The minimum absolute atomic E-state index is 0.322. The second-order valence-corrected chi connectivity index (χ2v) is 8.40. The van der Waals surface area contributed by atoms with Gasteiger partial charge in [-0.1, -0.05) is 6.92 Å². The van der Waals surface area contributed by atoms with Gasteiger partial charge in [-0.2, -0.15) is 0 Å². The van der Waals surface area contributed by atoms with Gasteiger partial charge in [0.1, 0.15) is 0 Å². The average Bonchev–Trinajstić information content (AvgIpc) is 3.18. The molecule has 3 fully saturated rings. The maximum Gasteiger partial charge on any atom is 0.222 e. The van der Waals surface area contributed by atoms with Gasteiger partial charge in [0.15, 0.2) is 0 Å². The van der Waals surface area contributed by atoms with Gasteiger partial charge in [0.25, 0.3) is 0 Å². The second kappa shape index (κ2) is 9.02. The van der Waals surface area contributed by atoms with Gasteiger partial charge in [-0.3, -0.25) is 9.59 Å². The number of rotatable bonds is 5. The van der Waals surface area contributed by atoms with E-state index in [9.17, 15) is 9.59 Å². The van der Waals surface area contributed by atoms with E-state index in [2.05, 4.69) is 12.2 Å². The highest BCUT2D eigenvalue weighted by atomic mass is 16.2. The van der Waals surface area contributed by atoms with Crippen LogP contribution in [0.5, 0.6) is 0 Å². The molecule has 0 aliphatic carbocycles. The third-order valence-corrected chi connectivity index (χ3v) is 6.53. The summed E-state index contributed by atoms with van der Waals surface area (Å²) in [7, 11) is 0. The molecule has 3 heterocycles. The SMILES string of the molecule is CC(CC(=O)N1CCC(CC(=O)N2CCCC2)CC1)C1CCCNC1. The fraction of sp³-hybridized carbons (Fsp3) is 0.900. The molecule has 0 bridgehead atoms. The predicted octanol–water partition coefficient (Wildman–Crippen LogP) is 2.26. The summed E-state index contributed by atoms with van der Waals surface area (Å²) in [6, 6.07) is 0. The minimum Gasteiger partial charge on any atom is -0.343 e. The van der Waals surface area contributed by atoms with Crippen LogP contribution in [0.4, 0.5) is 0 Å². The maximum atomic E-state index is 12.6. The van der Waals surface area contributed by atoms with Crippen molar-refractivity contribution in [3.8, 4) is 0 Å². The highest BCUT2D eigenvalue weighted by Crippen LogP contribution is 2.26. The molecule has 5 nitrogen and oxygen atoms in total. The van der Waals surface area contributed by atoms with Crippen molar-refractivity contribution in [1.29, 1.82) is 0 Å². The number of carbonyl (C=O) groups excluding carboxylic acids is 2. The number of amides is 2. The van der Waals surface area contributed by atoms with Crippen LogP contribution in [0.1, 0.15) is 58.3 Å². The summed E-state index contributed by atoms with van der Waals surface area (Å²) in [6.07, 6.45) is 8.16. The number of hydrogen-bond donors (Lipinski definition) is 1. The highest BCUT2D eigenvalue weighted by molar-refractivity contribution is 5.77. The second-order valence-electron chi connectivity index (χ2n) is 8.40. The lowest BCUT2D eigenvalue weighted by atomic mass is 9.85. The predicted molar refractivity (Wildman–Crippen MR) is 99.1 cm³/mol. The molecule has 0 aromatic heterocycles. The van der Waals surface area contributed by atoms with Crippen molar-refractivity contribution in [1.82, 2.24) is 15.1 Å². The maximum absolute atomic E-state index is 12.6. The van der Waals surface area contributed by atoms with Crippen molar-refractivity contribution < 1.29 is 9.59 Å². The van der Waals surface area contributed by atoms with Crippen LogP contribution in [0.25, 0.3) is 0 Å². The number of hydrogen-bond acceptors (Lipinski definition) is 3. The Hall–Kier alpha value is -1.10. The molecule has 2 atom stereocenters. The van der Waals surface area contributed by atoms with Crippen LogP contribution in [0, 0.1) is 17.8 Å². The van der Waals surface area contributed by atoms with Crippen LogP contribution in [0.15, 0.2) is 0 Å². The summed E-state index contributed by atoms with van der Waals surface area (Å²) in [6.45, 7) is 8.00. The van der Waals surface area contributed by atoms with Gasteiger partial charge in [0.05, 0.1) is 0 Å². The average molecular weight is 350 g/mol. The fourth-order valence-corrected chi connectivity index (χ4v) is 4.66. The van der Waals surface area contributed by atoms with Crippen molar-refractivity contribution in [2.75, 3.05) is 39.3 Å². The molecule has 3 aliphatic heterocycles. The molecule has 3 saturated heterocycles. The lowest BCUT2D eigenvalue weighted by Crippen LogP contribution is -2.41. The molecule has 2 amide bonds. The van der Waals surface area contributed by atoms with E-state index in [1.165, 1.54) is 12.8 Å². The largest absolute Gasteiger partial charge is 0.343 e. The molecule has 25 heavy (non-hydrogen) atoms. The van der Waals surface area contributed by atoms with E-state index < -0.39 is 0 Å². The molecular formula is C20H35N3O2. The first kappa shape index (κ1) is 18.7. The van der Waals surface area contributed by atoms with E-state index in [1.54, 1.807) is 0 Å². The van der Waals surface area contributed by atoms with Crippen LogP contribution < -0.4 is 5.32 Å². The van der Waals surface area contributed by atoms with Crippen molar-refractivity contribution in [3.63, 3.8) is 0 Å². The Bertz CT molecular complexity index is 448. The molecule has 0 spiro atoms. The number of likely N-dealkylation sites (tertiary alicyclic amines) is 2. The van der Waals surface area contributed by atoms with Crippen molar-refractivity contribution in [2.24, 2.45) is 17.8 Å². The monoisotopic (exact) mass is 349 g/mol. The zero-order chi connectivity index (χ0) is 17.6. The molecule has 5 heteroatoms. The zero-order valence-electron chi connectivity index (χ0n) is 15.8. The third kappa shape index (κ3) is 5.19. The van der Waals surface area contributed by atoms with Gasteiger partial charge in [0, 0.05) is 39.0 Å². The topological polar surface area (TPSA) is 52.7 Å². The third-order valence-electron chi connectivity index (χ3n) is 6.53. The van der Waals surface area contributed by atoms with Gasteiger partial charge < -0.3 is 15.1 Å². The normalized spacial score (nSPS) is 26.7. The van der Waals surface area contributed by atoms with Crippen LogP contribution in [-0.2, 0) is 9.59 Å². The first-order valence-electron chi connectivity index (χ1n) is 10.4. The first-order chi connectivity index (χ1) is 12.1. The number of carbonyl (C=O) groups is 2. The Morgan fingerprint density at radius 2 is 1.64 bits per heavy atom. The summed E-state index contributed by atoms with van der Waals surface area (Å²) in [5.74, 6) is 2.24. The Morgan fingerprint density at radius 3 is 2.28 bits per heavy atom. The van der Waals surface area contributed by atoms with E-state index in [-0.39, 0.29) is 0 Å². The van der Waals surface area contributed by atoms with Crippen LogP contribution >= 0.6 is 0 Å². The number of nitrogens with zero attached hydrogens (tertiary/aromatic N) is 2. The number of piperidine rings is 2. The molecule has 2 unspecified atom stereocenters. The summed E-state index contributed by atoms with van der Waals surface area (Å²) >= 11 is 0. The van der Waals surface area contributed by atoms with Gasteiger partial charge in [-0.05, 0) is 69.4 Å². The lowest BCUT2D eigenvalue weighted by molar-refractivity contribution is -0.134. The molecule has 3 rings (SSSR count). The van der Waals surface area contributed by atoms with Gasteiger partial charge in [0.2, 0.25) is 11.8 Å². The Morgan fingerprint density at radius 1 is 0.960 bits per heavy atom. The summed E-state index contributed by atoms with van der Waals surface area (Å²) in [5.41, 5.74) is 0. The molecule has 142 valence electrons. The van der Waals surface area contributed by atoms with Crippen molar-refractivity contribution in [3.05, 3.63) is 0 Å². The van der Waals surface area contributed by atoms with Gasteiger partial charge in [-0.15, -0.1) is 0 Å². The molecule has 3 aliphatic rings. The van der Waals surface area contributed by atoms with Crippen molar-refractivity contribution in [2.45, 2.75) is 58.3 Å². The molecule has 0 saturated carbocycles. The molecule has 0 radical (unpaired) electrons. The molecular weight excluding hydrogens is 314 g/mol. The number of nitrogens with one attached hydrogen (secondary N) is 1. The Kier molecular flexibility index (Phi) is 6.74. The van der Waals surface area contributed by atoms with Gasteiger partial charge >= 0.3 is 0 Å². The van der Waals surface area contributed by atoms with E-state index in [1.807, 2.05) is 9.80 Å². The zero-order valence-corrected chi connectivity index (χ0v) is 15.8. The Labute approximate surface area is 152 Å². The molecule has 0 aromatic rings. The van der Waals surface area contributed by atoms with Crippen molar-refractivity contribution >= 4 is 11.8 Å². The molecule has 1 N–H and O–H groups in total. The minimum atomic E-state index is 0.322. The molecule has 0 aromatic carbocycles. The van der Waals surface area contributed by atoms with E-state index >= 15 is 0 Å². The van der Waals surface area contributed by atoms with E-state index in [0.717, 1.165) is 65.0 Å². The quantitative estimate of drug-likeness (QED) is 0.828. The van der Waals surface area contributed by atoms with Gasteiger partial charge in [-0.25, -0.2) is 0 Å². The standard InChI is InChI=1S/C20H35N3O2/c1-16(18-5-4-8-21-15-18)13-19(24)23-11-6-17(7-12-23)14-20(25)22-9-2-3-10-22/h16-18,21H,2-15H2,1H3. The Balaban J connectivity index is 1.37. The smallest absolute Gasteiger partial charge is 0.222 e. The van der Waals surface area contributed by atoms with Crippen LogP contribution in [0.2, 0.25) is 0 Å². The van der Waals surface area contributed by atoms with E-state index in [4.69, 9.17) is 0 Å².